The molecule has 3 atom stereocenters. The molecule has 1 aromatic carbocycles. The highest BCUT2D eigenvalue weighted by molar-refractivity contribution is 6.30. The number of hydrogen-bond acceptors (Lipinski definition) is 6. The van der Waals surface area contributed by atoms with Crippen molar-refractivity contribution in [1.29, 1.82) is 0 Å². The van der Waals surface area contributed by atoms with E-state index in [1.165, 1.54) is 48.4 Å². The summed E-state index contributed by atoms with van der Waals surface area (Å²) in [6, 6.07) is 8.05. The molecule has 0 aliphatic carbocycles. The topological polar surface area (TPSA) is 99.7 Å². The third-order valence-corrected chi connectivity index (χ3v) is 7.15. The summed E-state index contributed by atoms with van der Waals surface area (Å²) in [4.78, 5) is 31.1. The van der Waals surface area contributed by atoms with Crippen LogP contribution in [0.15, 0.2) is 59.9 Å². The summed E-state index contributed by atoms with van der Waals surface area (Å²) in [5, 5.41) is 7.13. The Kier molecular flexibility index (Phi) is 7.56. The van der Waals surface area contributed by atoms with Crippen LogP contribution in [0.2, 0.25) is 5.02 Å². The second kappa shape index (κ2) is 10.9. The number of nitrogens with one attached hydrogen (secondary N) is 1. The van der Waals surface area contributed by atoms with Crippen molar-refractivity contribution in [3.63, 3.8) is 0 Å². The van der Waals surface area contributed by atoms with Crippen LogP contribution in [0, 0.1) is 5.92 Å². The third-order valence-electron chi connectivity index (χ3n) is 6.91. The van der Waals surface area contributed by atoms with E-state index in [4.69, 9.17) is 21.1 Å². The summed E-state index contributed by atoms with van der Waals surface area (Å²) in [6.45, 7) is 1.09. The first-order valence-electron chi connectivity index (χ1n) is 12.4. The van der Waals surface area contributed by atoms with Gasteiger partial charge in [0.25, 0.3) is 5.56 Å². The van der Waals surface area contributed by atoms with Gasteiger partial charge in [-0.25, -0.2) is 9.50 Å². The molecule has 4 heterocycles. The first-order valence-corrected chi connectivity index (χ1v) is 12.8. The van der Waals surface area contributed by atoms with Crippen LogP contribution in [0.5, 0.6) is 5.75 Å². The van der Waals surface area contributed by atoms with Crippen LogP contribution >= 0.6 is 11.6 Å². The number of anilines is 1. The van der Waals surface area contributed by atoms with Gasteiger partial charge in [-0.15, -0.1) is 0 Å². The maximum Gasteiger partial charge on any atom is 0.395 e. The van der Waals surface area contributed by atoms with E-state index < -0.39 is 42.3 Å². The summed E-state index contributed by atoms with van der Waals surface area (Å²) in [5.74, 6) is -2.28. The van der Waals surface area contributed by atoms with Gasteiger partial charge in [-0.05, 0) is 48.7 Å². The Balaban J connectivity index is 1.57. The monoisotopic (exact) mass is 575 g/mol. The minimum atomic E-state index is -4.51. The molecule has 5 rings (SSSR count). The number of methoxy groups -OCH3 is 1. The van der Waals surface area contributed by atoms with Crippen molar-refractivity contribution in [2.45, 2.75) is 38.1 Å². The number of benzene rings is 1. The Morgan fingerprint density at radius 2 is 2.02 bits per heavy atom. The lowest BCUT2D eigenvalue weighted by Gasteiger charge is -2.28. The minimum absolute atomic E-state index is 0.0315. The van der Waals surface area contributed by atoms with Gasteiger partial charge >= 0.3 is 6.18 Å². The number of amides is 1. The van der Waals surface area contributed by atoms with E-state index in [1.54, 1.807) is 25.3 Å². The molecule has 40 heavy (non-hydrogen) atoms. The number of carbonyl (C=O) groups excluding carboxylic acids is 1. The van der Waals surface area contributed by atoms with Crippen LogP contribution in [-0.4, -0.2) is 51.1 Å². The van der Waals surface area contributed by atoms with Gasteiger partial charge in [0.05, 0.1) is 30.1 Å². The van der Waals surface area contributed by atoms with Crippen LogP contribution in [0.25, 0.3) is 16.8 Å². The molecule has 1 aliphatic rings. The van der Waals surface area contributed by atoms with Gasteiger partial charge < -0.3 is 14.8 Å². The molecule has 210 valence electrons. The van der Waals surface area contributed by atoms with E-state index in [0.29, 0.717) is 33.0 Å². The van der Waals surface area contributed by atoms with Crippen molar-refractivity contribution in [3.8, 4) is 16.9 Å². The van der Waals surface area contributed by atoms with Crippen LogP contribution in [0.1, 0.15) is 24.9 Å². The molecule has 1 N–H and O–H groups in total. The number of hydrogen-bond donors (Lipinski definition) is 1. The molecule has 0 fully saturated rings. The van der Waals surface area contributed by atoms with E-state index in [1.807, 2.05) is 0 Å². The van der Waals surface area contributed by atoms with Crippen LogP contribution in [0.4, 0.5) is 18.9 Å². The Morgan fingerprint density at radius 3 is 2.77 bits per heavy atom. The number of alkyl halides is 3. The average molecular weight is 576 g/mol. The molecule has 0 spiro atoms. The van der Waals surface area contributed by atoms with Crippen LogP contribution < -0.4 is 15.6 Å². The van der Waals surface area contributed by atoms with E-state index in [0.717, 1.165) is 4.57 Å². The lowest BCUT2D eigenvalue weighted by molar-refractivity contribution is -0.181. The lowest BCUT2D eigenvalue weighted by Crippen LogP contribution is -2.36. The summed E-state index contributed by atoms with van der Waals surface area (Å²) in [5.41, 5.74) is 1.50. The first-order chi connectivity index (χ1) is 19.0. The van der Waals surface area contributed by atoms with Gasteiger partial charge in [0.2, 0.25) is 5.91 Å². The number of pyridine rings is 2. The standard InChI is InChI=1S/C27H25ClF3N5O4/c1-15(39-2)7-22(26(38)34-19-5-6-24-32-14-33-36(24)11-19)35-12-23-21(10-25(35)37)20-9-18(28)4-3-16(20)8-17(13-40-23)27(29,30)31/h3-6,9-12,14-15,17,22H,7-8,13H2,1-2H3,(H,34,38)/t15-,17+,22?/m0/s1. The molecule has 3 aromatic heterocycles. The van der Waals surface area contributed by atoms with Crippen LogP contribution in [-0.2, 0) is 16.0 Å². The molecule has 1 unspecified atom stereocenters. The predicted molar refractivity (Wildman–Crippen MR) is 142 cm³/mol. The molecule has 13 heteroatoms. The van der Waals surface area contributed by atoms with Crippen molar-refractivity contribution in [1.82, 2.24) is 19.2 Å². The highest BCUT2D eigenvalue weighted by atomic mass is 35.5. The van der Waals surface area contributed by atoms with Gasteiger partial charge in [-0.3, -0.25) is 14.2 Å². The highest BCUT2D eigenvalue weighted by Gasteiger charge is 2.41. The normalized spacial score (nSPS) is 16.7. The maximum absolute atomic E-state index is 13.8. The molecule has 9 nitrogen and oxygen atoms in total. The Morgan fingerprint density at radius 1 is 1.23 bits per heavy atom. The zero-order chi connectivity index (χ0) is 28.6. The van der Waals surface area contributed by atoms with Crippen molar-refractivity contribution in [2.75, 3.05) is 19.0 Å². The van der Waals surface area contributed by atoms with Gasteiger partial charge in [0.15, 0.2) is 5.65 Å². The number of rotatable bonds is 6. The van der Waals surface area contributed by atoms with Gasteiger partial charge in [-0.2, -0.15) is 18.3 Å². The summed E-state index contributed by atoms with van der Waals surface area (Å²) >= 11 is 6.18. The number of halogens is 4. The van der Waals surface area contributed by atoms with E-state index in [-0.39, 0.29) is 18.6 Å². The van der Waals surface area contributed by atoms with E-state index in [9.17, 15) is 22.8 Å². The fourth-order valence-corrected chi connectivity index (χ4v) is 4.85. The smallest absolute Gasteiger partial charge is 0.395 e. The van der Waals surface area contributed by atoms with Gasteiger partial charge in [0.1, 0.15) is 24.7 Å². The zero-order valence-electron chi connectivity index (χ0n) is 21.5. The second-order valence-electron chi connectivity index (χ2n) is 9.62. The van der Waals surface area contributed by atoms with E-state index in [2.05, 4.69) is 15.4 Å². The van der Waals surface area contributed by atoms with Crippen molar-refractivity contribution >= 4 is 28.8 Å². The molecule has 0 saturated heterocycles. The average Bonchev–Trinajstić information content (AvgIpc) is 3.37. The molecule has 0 saturated carbocycles. The molecular formula is C27H25ClF3N5O4. The highest BCUT2D eigenvalue weighted by Crippen LogP contribution is 2.40. The SMILES string of the molecule is CO[C@@H](C)CC(C(=O)Nc1ccc2ncnn2c1)n1cc2c(cc1=O)-c1cc(Cl)ccc1C[C@@H](C(F)(F)F)CO2. The fourth-order valence-electron chi connectivity index (χ4n) is 4.67. The number of nitrogens with zero attached hydrogens (tertiary/aromatic N) is 4. The van der Waals surface area contributed by atoms with Crippen LogP contribution in [0.3, 0.4) is 0 Å². The summed E-state index contributed by atoms with van der Waals surface area (Å²) in [7, 11) is 1.47. The Labute approximate surface area is 231 Å². The largest absolute Gasteiger partial charge is 0.491 e. The quantitative estimate of drug-likeness (QED) is 0.350. The Hall–Kier alpha value is -3.90. The van der Waals surface area contributed by atoms with Gasteiger partial charge in [-0.1, -0.05) is 17.7 Å². The Bertz CT molecular complexity index is 1620. The minimum Gasteiger partial charge on any atom is -0.491 e. The number of carbonyl (C=O) groups is 1. The van der Waals surface area contributed by atoms with Gasteiger partial charge in [0, 0.05) is 30.2 Å². The van der Waals surface area contributed by atoms with Crippen molar-refractivity contribution in [3.05, 3.63) is 76.1 Å². The first kappa shape index (κ1) is 27.7. The van der Waals surface area contributed by atoms with Crippen molar-refractivity contribution < 1.29 is 27.4 Å². The summed E-state index contributed by atoms with van der Waals surface area (Å²) < 4.78 is 55.1. The fraction of sp³-hybridized carbons (Fsp3) is 0.333. The summed E-state index contributed by atoms with van der Waals surface area (Å²) in [6.07, 6.45) is -0.945. The number of ether oxygens (including phenoxy) is 2. The molecular weight excluding hydrogens is 551 g/mol. The molecule has 4 aromatic rings. The molecule has 0 radical (unpaired) electrons. The molecule has 0 bridgehead atoms. The van der Waals surface area contributed by atoms with E-state index >= 15 is 0 Å². The molecule has 1 aliphatic heterocycles. The molecule has 1 amide bonds. The zero-order valence-corrected chi connectivity index (χ0v) is 22.2. The van der Waals surface area contributed by atoms with Crippen molar-refractivity contribution in [2.24, 2.45) is 5.92 Å². The predicted octanol–water partition coefficient (Wildman–Crippen LogP) is 4.93. The second-order valence-corrected chi connectivity index (χ2v) is 10.1. The third kappa shape index (κ3) is 5.68. The lowest BCUT2D eigenvalue weighted by atomic mass is 9.91. The maximum atomic E-state index is 13.8. The number of aromatic nitrogens is 4. The number of fused-ring (bicyclic) bond motifs is 4.